The van der Waals surface area contributed by atoms with Crippen LogP contribution in [0, 0.1) is 6.92 Å². The predicted octanol–water partition coefficient (Wildman–Crippen LogP) is 4.64. The van der Waals surface area contributed by atoms with Crippen molar-refractivity contribution in [2.24, 2.45) is 0 Å². The second-order valence-electron chi connectivity index (χ2n) is 5.98. The molecule has 0 spiro atoms. The molecule has 0 bridgehead atoms. The van der Waals surface area contributed by atoms with Gasteiger partial charge in [0.25, 0.3) is 0 Å². The second-order valence-corrected chi connectivity index (χ2v) is 7.17. The summed E-state index contributed by atoms with van der Waals surface area (Å²) in [6, 6.07) is 19.5. The Morgan fingerprint density at radius 1 is 1.04 bits per heavy atom. The van der Waals surface area contributed by atoms with Crippen molar-refractivity contribution in [3.05, 3.63) is 96.6 Å². The first-order chi connectivity index (χ1) is 11.7. The van der Waals surface area contributed by atoms with Gasteiger partial charge in [-0.25, -0.2) is 0 Å². The van der Waals surface area contributed by atoms with Crippen molar-refractivity contribution in [3.63, 3.8) is 0 Å². The van der Waals surface area contributed by atoms with E-state index in [-0.39, 0.29) is 0 Å². The van der Waals surface area contributed by atoms with E-state index in [1.807, 2.05) is 12.2 Å². The number of nitrogens with zero attached hydrogens (tertiary/aromatic N) is 1. The van der Waals surface area contributed by atoms with Crippen LogP contribution in [0.2, 0.25) is 0 Å². The monoisotopic (exact) mass is 433 g/mol. The number of hydrogen-bond donors (Lipinski definition) is 0. The summed E-state index contributed by atoms with van der Waals surface area (Å²) in [7, 11) is 0. The molecule has 2 heteroatoms. The van der Waals surface area contributed by atoms with Gasteiger partial charge in [-0.05, 0) is 0 Å². The molecule has 0 heterocycles. The molecule has 1 atom stereocenters. The van der Waals surface area contributed by atoms with Crippen molar-refractivity contribution >= 4 is 25.5 Å². The molecule has 0 amide bonds. The summed E-state index contributed by atoms with van der Waals surface area (Å²) >= 11 is 2.15. The Morgan fingerprint density at radius 2 is 1.71 bits per heavy atom. The topological polar surface area (TPSA) is 3.24 Å². The molecule has 0 radical (unpaired) electrons. The van der Waals surface area contributed by atoms with Gasteiger partial charge in [-0.1, -0.05) is 0 Å². The molecule has 24 heavy (non-hydrogen) atoms. The first-order valence-electron chi connectivity index (χ1n) is 8.26. The Bertz CT molecular complexity index is 673. The number of rotatable bonds is 9. The van der Waals surface area contributed by atoms with Gasteiger partial charge in [-0.2, -0.15) is 0 Å². The molecular weight excluding hydrogens is 406 g/mol. The zero-order valence-corrected chi connectivity index (χ0v) is 16.6. The van der Waals surface area contributed by atoms with E-state index in [2.05, 4.69) is 101 Å². The molecule has 2 aromatic carbocycles. The van der Waals surface area contributed by atoms with Crippen LogP contribution in [0.4, 0.5) is 0 Å². The van der Waals surface area contributed by atoms with Gasteiger partial charge in [0.15, 0.2) is 0 Å². The second kappa shape index (κ2) is 9.62. The van der Waals surface area contributed by atoms with E-state index in [1.165, 1.54) is 20.4 Å². The van der Waals surface area contributed by atoms with Crippen molar-refractivity contribution in [1.29, 1.82) is 0 Å². The molecule has 0 aliphatic heterocycles. The van der Waals surface area contributed by atoms with Crippen LogP contribution in [0.5, 0.6) is 0 Å². The molecule has 0 N–H and O–H groups in total. The number of allylic oxidation sites excluding steroid dienone is 1. The summed E-state index contributed by atoms with van der Waals surface area (Å²) in [5, 5.41) is 0. The van der Waals surface area contributed by atoms with Crippen molar-refractivity contribution in [1.82, 2.24) is 4.90 Å². The van der Waals surface area contributed by atoms with Crippen molar-refractivity contribution in [2.75, 3.05) is 6.54 Å². The average Bonchev–Trinajstić information content (AvgIpc) is 2.61. The van der Waals surface area contributed by atoms with Gasteiger partial charge in [0.2, 0.25) is 0 Å². The van der Waals surface area contributed by atoms with Crippen LogP contribution in [0.3, 0.4) is 0 Å². The number of aryl methyl sites for hydroxylation is 1. The van der Waals surface area contributed by atoms with E-state index in [0.29, 0.717) is 5.92 Å². The summed E-state index contributed by atoms with van der Waals surface area (Å²) in [4.78, 5) is 2.42. The van der Waals surface area contributed by atoms with Gasteiger partial charge in [0.1, 0.15) is 0 Å². The third-order valence-corrected chi connectivity index (χ3v) is 5.61. The number of hydrogen-bond acceptors (Lipinski definition) is 1. The van der Waals surface area contributed by atoms with Crippen molar-refractivity contribution in [2.45, 2.75) is 25.8 Å². The van der Waals surface area contributed by atoms with E-state index < -0.39 is 0 Å². The Kier molecular flexibility index (Phi) is 7.50. The normalized spacial score (nSPS) is 11.5. The van der Waals surface area contributed by atoms with E-state index >= 15 is 0 Å². The molecule has 0 aliphatic rings. The summed E-state index contributed by atoms with van der Waals surface area (Å²) in [5.41, 5.74) is 3.97. The molecule has 0 saturated heterocycles. The van der Waals surface area contributed by atoms with Crippen LogP contribution in [0.15, 0.2) is 79.9 Å². The third-order valence-electron chi connectivity index (χ3n) is 4.06. The van der Waals surface area contributed by atoms with Crippen molar-refractivity contribution < 1.29 is 0 Å². The minimum atomic E-state index is 0.360. The van der Waals surface area contributed by atoms with Crippen LogP contribution >= 0.6 is 0 Å². The Labute approximate surface area is 159 Å². The summed E-state index contributed by atoms with van der Waals surface area (Å²) in [6.45, 7) is 11.8. The zero-order valence-electron chi connectivity index (χ0n) is 14.3. The molecule has 1 unspecified atom stereocenters. The Balaban J connectivity index is 2.23. The fourth-order valence-corrected chi connectivity index (χ4v) is 3.81. The predicted molar refractivity (Wildman–Crippen MR) is 107 cm³/mol. The van der Waals surface area contributed by atoms with E-state index in [4.69, 9.17) is 0 Å². The zero-order chi connectivity index (χ0) is 17.4. The van der Waals surface area contributed by atoms with Gasteiger partial charge in [0.05, 0.1) is 0 Å². The van der Waals surface area contributed by atoms with Crippen molar-refractivity contribution in [3.8, 4) is 0 Å². The first kappa shape index (κ1) is 18.7. The van der Waals surface area contributed by atoms with Gasteiger partial charge in [-0.15, -0.1) is 0 Å². The quantitative estimate of drug-likeness (QED) is 0.413. The molecule has 2 rings (SSSR count). The SMILES string of the molecule is C=CCC(C(=[Te])N(CC=C)Cc1ccc(C)cc1)c1ccccc1. The van der Waals surface area contributed by atoms with Crippen LogP contribution < -0.4 is 0 Å². The summed E-state index contributed by atoms with van der Waals surface area (Å²) < 4.78 is 1.37. The van der Waals surface area contributed by atoms with Gasteiger partial charge >= 0.3 is 159 Å². The maximum atomic E-state index is 3.96. The molecule has 0 fully saturated rings. The number of benzene rings is 2. The molecule has 1 nitrogen and oxygen atoms in total. The molecule has 0 aliphatic carbocycles. The van der Waals surface area contributed by atoms with Crippen LogP contribution in [0.25, 0.3) is 0 Å². The van der Waals surface area contributed by atoms with Crippen LogP contribution in [-0.2, 0) is 6.54 Å². The minimum absolute atomic E-state index is 0.360. The molecule has 0 saturated carbocycles. The van der Waals surface area contributed by atoms with Gasteiger partial charge < -0.3 is 0 Å². The summed E-state index contributed by atoms with van der Waals surface area (Å²) in [6.07, 6.45) is 4.94. The van der Waals surface area contributed by atoms with E-state index in [0.717, 1.165) is 19.5 Å². The third kappa shape index (κ3) is 5.20. The Hall–Kier alpha value is -1.62. The van der Waals surface area contributed by atoms with E-state index in [1.54, 1.807) is 0 Å². The standard InChI is InChI=1S/C22H25NTe/c1-4-9-21(20-10-7-6-8-11-20)22(24)23(16-5-2)17-19-14-12-18(3)13-15-19/h4-8,10-15,21H,1-2,9,16-17H2,3H3. The fourth-order valence-electron chi connectivity index (χ4n) is 2.75. The Morgan fingerprint density at radius 3 is 2.29 bits per heavy atom. The molecule has 2 aromatic rings. The molecule has 0 aromatic heterocycles. The fraction of sp³-hybridized carbons (Fsp3) is 0.227. The van der Waals surface area contributed by atoms with Crippen LogP contribution in [-0.4, -0.2) is 36.9 Å². The van der Waals surface area contributed by atoms with E-state index in [9.17, 15) is 0 Å². The first-order valence-corrected chi connectivity index (χ1v) is 9.43. The molecular formula is C22H25NTe. The van der Waals surface area contributed by atoms with Crippen LogP contribution in [0.1, 0.15) is 29.0 Å². The van der Waals surface area contributed by atoms with Gasteiger partial charge in [0, 0.05) is 0 Å². The van der Waals surface area contributed by atoms with Gasteiger partial charge in [-0.3, -0.25) is 0 Å². The summed E-state index contributed by atoms with van der Waals surface area (Å²) in [5.74, 6) is 0.360. The average molecular weight is 431 g/mol. The molecule has 124 valence electrons. The maximum absolute atomic E-state index is 3.96.